The Bertz CT molecular complexity index is 700. The van der Waals surface area contributed by atoms with Crippen LogP contribution in [0.15, 0.2) is 24.3 Å². The predicted octanol–water partition coefficient (Wildman–Crippen LogP) is 0.982. The van der Waals surface area contributed by atoms with Gasteiger partial charge in [0, 0.05) is 31.1 Å². The lowest BCUT2D eigenvalue weighted by atomic mass is 9.70. The van der Waals surface area contributed by atoms with Gasteiger partial charge in [-0.1, -0.05) is 17.3 Å². The van der Waals surface area contributed by atoms with E-state index in [1.807, 2.05) is 12.1 Å². The van der Waals surface area contributed by atoms with Crippen molar-refractivity contribution < 1.29 is 9.50 Å². The highest BCUT2D eigenvalue weighted by molar-refractivity contribution is 5.23. The van der Waals surface area contributed by atoms with Crippen molar-refractivity contribution in [2.24, 2.45) is 0 Å². The molecule has 1 saturated carbocycles. The Labute approximate surface area is 145 Å². The van der Waals surface area contributed by atoms with Crippen LogP contribution in [-0.4, -0.2) is 62.4 Å². The van der Waals surface area contributed by atoms with Crippen molar-refractivity contribution in [1.82, 2.24) is 30.8 Å². The van der Waals surface area contributed by atoms with Crippen LogP contribution >= 0.6 is 0 Å². The number of hydrogen-bond donors (Lipinski definition) is 3. The first-order valence-corrected chi connectivity index (χ1v) is 8.69. The lowest BCUT2D eigenvalue weighted by molar-refractivity contribution is -0.0511. The number of likely N-dealkylation sites (tertiary alicyclic amines) is 1. The summed E-state index contributed by atoms with van der Waals surface area (Å²) in [5, 5.41) is 28.2. The van der Waals surface area contributed by atoms with E-state index in [0.717, 1.165) is 18.5 Å². The van der Waals surface area contributed by atoms with Gasteiger partial charge in [0.1, 0.15) is 5.82 Å². The average Bonchev–Trinajstić information content (AvgIpc) is 3.21. The summed E-state index contributed by atoms with van der Waals surface area (Å²) >= 11 is 0. The number of benzene rings is 1. The molecule has 134 valence electrons. The van der Waals surface area contributed by atoms with Crippen molar-refractivity contribution in [3.05, 3.63) is 41.5 Å². The van der Waals surface area contributed by atoms with Gasteiger partial charge in [-0.25, -0.2) is 4.39 Å². The number of hydrogen-bond acceptors (Lipinski definition) is 6. The minimum atomic E-state index is -0.722. The van der Waals surface area contributed by atoms with Crippen molar-refractivity contribution in [1.29, 1.82) is 0 Å². The van der Waals surface area contributed by atoms with Crippen LogP contribution in [0.4, 0.5) is 4.39 Å². The van der Waals surface area contributed by atoms with Crippen LogP contribution in [0.2, 0.25) is 0 Å². The van der Waals surface area contributed by atoms with Gasteiger partial charge >= 0.3 is 0 Å². The second-order valence-electron chi connectivity index (χ2n) is 7.35. The van der Waals surface area contributed by atoms with Gasteiger partial charge in [-0.05, 0) is 44.0 Å². The molecule has 1 aromatic carbocycles. The number of rotatable bonds is 5. The first-order valence-electron chi connectivity index (χ1n) is 8.69. The average molecular weight is 346 g/mol. The smallest absolute Gasteiger partial charge is 0.177 e. The number of aromatic amines is 1. The van der Waals surface area contributed by atoms with Crippen LogP contribution in [0.5, 0.6) is 0 Å². The summed E-state index contributed by atoms with van der Waals surface area (Å²) in [6, 6.07) is 7.14. The van der Waals surface area contributed by atoms with E-state index in [9.17, 15) is 9.50 Å². The van der Waals surface area contributed by atoms with Crippen LogP contribution in [-0.2, 0) is 0 Å². The molecular formula is C17H23FN6O. The largest absolute Gasteiger partial charge is 0.389 e. The van der Waals surface area contributed by atoms with Gasteiger partial charge in [0.25, 0.3) is 0 Å². The Balaban J connectivity index is 1.36. The Morgan fingerprint density at radius 1 is 1.36 bits per heavy atom. The van der Waals surface area contributed by atoms with Gasteiger partial charge in [-0.2, -0.15) is 5.21 Å². The van der Waals surface area contributed by atoms with Gasteiger partial charge in [-0.15, -0.1) is 10.2 Å². The summed E-state index contributed by atoms with van der Waals surface area (Å²) in [6.45, 7) is 1.52. The van der Waals surface area contributed by atoms with E-state index in [2.05, 4.69) is 37.9 Å². The Morgan fingerprint density at radius 2 is 2.12 bits per heavy atom. The number of nitrogens with one attached hydrogen (secondary N) is 2. The van der Waals surface area contributed by atoms with Crippen molar-refractivity contribution in [3.63, 3.8) is 0 Å². The van der Waals surface area contributed by atoms with E-state index in [1.54, 1.807) is 0 Å². The summed E-state index contributed by atoms with van der Waals surface area (Å²) in [5.41, 5.74) is 0.379. The maximum absolute atomic E-state index is 13.2. The van der Waals surface area contributed by atoms with E-state index >= 15 is 0 Å². The minimum Gasteiger partial charge on any atom is -0.389 e. The van der Waals surface area contributed by atoms with Crippen molar-refractivity contribution >= 4 is 0 Å². The molecule has 25 heavy (non-hydrogen) atoms. The summed E-state index contributed by atoms with van der Waals surface area (Å²) in [4.78, 5) is 2.28. The van der Waals surface area contributed by atoms with Gasteiger partial charge in [0.2, 0.25) is 0 Å². The molecule has 0 radical (unpaired) electrons. The SMILES string of the molecule is CN1CC[C@@H](NCC2(O)CC(c3nn[nH]n3)C2)[C@@H]1c1ccc(F)cc1. The van der Waals surface area contributed by atoms with Crippen molar-refractivity contribution in [3.8, 4) is 0 Å². The Morgan fingerprint density at radius 3 is 2.80 bits per heavy atom. The molecule has 0 unspecified atom stereocenters. The zero-order valence-electron chi connectivity index (χ0n) is 14.2. The molecule has 0 spiro atoms. The Hall–Kier alpha value is -1.90. The fourth-order valence-electron chi connectivity index (χ4n) is 4.16. The van der Waals surface area contributed by atoms with E-state index in [0.29, 0.717) is 25.2 Å². The summed E-state index contributed by atoms with van der Waals surface area (Å²) < 4.78 is 13.2. The molecule has 2 aliphatic rings. The van der Waals surface area contributed by atoms with Crippen LogP contribution in [0, 0.1) is 5.82 Å². The number of H-pyrrole nitrogens is 1. The number of halogens is 1. The lowest BCUT2D eigenvalue weighted by Gasteiger charge is -2.43. The molecule has 4 rings (SSSR count). The van der Waals surface area contributed by atoms with Gasteiger partial charge < -0.3 is 10.4 Å². The van der Waals surface area contributed by atoms with Crippen molar-refractivity contribution in [2.75, 3.05) is 20.1 Å². The Kier molecular flexibility index (Phi) is 4.26. The van der Waals surface area contributed by atoms with E-state index < -0.39 is 5.60 Å². The third-order valence-electron chi connectivity index (χ3n) is 5.53. The number of aliphatic hydroxyl groups is 1. The maximum atomic E-state index is 13.2. The fraction of sp³-hybridized carbons (Fsp3) is 0.588. The number of aromatic nitrogens is 4. The number of likely N-dealkylation sites (N-methyl/N-ethyl adjacent to an activating group) is 1. The molecule has 1 aromatic heterocycles. The first kappa shape index (κ1) is 16.6. The quantitative estimate of drug-likeness (QED) is 0.748. The van der Waals surface area contributed by atoms with E-state index in [4.69, 9.17) is 0 Å². The summed E-state index contributed by atoms with van der Waals surface area (Å²) in [5.74, 6) is 0.629. The molecule has 7 nitrogen and oxygen atoms in total. The lowest BCUT2D eigenvalue weighted by Crippen LogP contribution is -2.53. The zero-order chi connectivity index (χ0) is 17.4. The molecule has 1 aliphatic heterocycles. The monoisotopic (exact) mass is 346 g/mol. The van der Waals surface area contributed by atoms with E-state index in [-0.39, 0.29) is 23.8 Å². The molecule has 2 fully saturated rings. The van der Waals surface area contributed by atoms with Gasteiger partial charge in [0.15, 0.2) is 5.82 Å². The highest BCUT2D eigenvalue weighted by atomic mass is 19.1. The molecule has 8 heteroatoms. The topological polar surface area (TPSA) is 90.0 Å². The minimum absolute atomic E-state index is 0.171. The normalized spacial score (nSPS) is 32.7. The van der Waals surface area contributed by atoms with E-state index in [1.165, 1.54) is 12.1 Å². The predicted molar refractivity (Wildman–Crippen MR) is 89.3 cm³/mol. The molecule has 1 saturated heterocycles. The van der Waals surface area contributed by atoms with Crippen LogP contribution in [0.25, 0.3) is 0 Å². The standard InChI is InChI=1S/C17H23FN6O/c1-24-7-6-14(15(24)11-2-4-13(18)5-3-11)19-10-17(25)8-12(9-17)16-20-22-23-21-16/h2-5,12,14-15,19,25H,6-10H2,1H3,(H,20,21,22,23)/t12?,14-,15+,17?/m1/s1. The highest BCUT2D eigenvalue weighted by Gasteiger charge is 2.46. The molecule has 2 heterocycles. The fourth-order valence-corrected chi connectivity index (χ4v) is 4.16. The highest BCUT2D eigenvalue weighted by Crippen LogP contribution is 2.43. The van der Waals surface area contributed by atoms with Crippen molar-refractivity contribution in [2.45, 2.75) is 42.9 Å². The third-order valence-corrected chi connectivity index (χ3v) is 5.53. The van der Waals surface area contributed by atoms with Crippen LogP contribution in [0.3, 0.4) is 0 Å². The molecule has 2 atom stereocenters. The second kappa shape index (κ2) is 6.44. The molecule has 2 aromatic rings. The third kappa shape index (κ3) is 3.29. The number of nitrogens with zero attached hydrogens (tertiary/aromatic N) is 4. The molecule has 3 N–H and O–H groups in total. The zero-order valence-corrected chi connectivity index (χ0v) is 14.2. The van der Waals surface area contributed by atoms with Crippen LogP contribution < -0.4 is 5.32 Å². The molecule has 0 amide bonds. The van der Waals surface area contributed by atoms with Crippen LogP contribution in [0.1, 0.15) is 42.6 Å². The summed E-state index contributed by atoms with van der Waals surface area (Å²) in [6.07, 6.45) is 2.29. The molecule has 1 aliphatic carbocycles. The maximum Gasteiger partial charge on any atom is 0.177 e. The molecular weight excluding hydrogens is 323 g/mol. The summed E-state index contributed by atoms with van der Waals surface area (Å²) in [7, 11) is 2.08. The van der Waals surface area contributed by atoms with Gasteiger partial charge in [0.05, 0.1) is 5.60 Å². The second-order valence-corrected chi connectivity index (χ2v) is 7.35. The van der Waals surface area contributed by atoms with Gasteiger partial charge in [-0.3, -0.25) is 4.90 Å². The molecule has 0 bridgehead atoms. The number of tetrazole rings is 1. The first-order chi connectivity index (χ1) is 12.0.